The molecular weight excluding hydrogens is 348 g/mol. The van der Waals surface area contributed by atoms with Gasteiger partial charge in [0.15, 0.2) is 5.79 Å². The van der Waals surface area contributed by atoms with Crippen LogP contribution in [0.3, 0.4) is 0 Å². The molecule has 1 aromatic carbocycles. The predicted octanol–water partition coefficient (Wildman–Crippen LogP) is 2.74. The van der Waals surface area contributed by atoms with Crippen LogP contribution < -0.4 is 11.1 Å². The number of rotatable bonds is 7. The van der Waals surface area contributed by atoms with Crippen molar-refractivity contribution in [3.05, 3.63) is 42.4 Å². The van der Waals surface area contributed by atoms with E-state index >= 15 is 0 Å². The van der Waals surface area contributed by atoms with Crippen molar-refractivity contribution in [3.63, 3.8) is 0 Å². The molecule has 1 saturated heterocycles. The Morgan fingerprint density at radius 3 is 2.41 bits per heavy atom. The highest BCUT2D eigenvalue weighted by atomic mass is 16.7. The van der Waals surface area contributed by atoms with Gasteiger partial charge in [0.2, 0.25) is 5.88 Å². The summed E-state index contributed by atoms with van der Waals surface area (Å²) in [6.45, 7) is 3.53. The number of carbonyl (C=O) groups excluding carboxylic acids is 1. The van der Waals surface area contributed by atoms with Crippen LogP contribution in [0.4, 0.5) is 5.69 Å². The van der Waals surface area contributed by atoms with Gasteiger partial charge in [0.1, 0.15) is 12.0 Å². The first-order valence-electron chi connectivity index (χ1n) is 9.43. The second kappa shape index (κ2) is 8.63. The molecule has 2 fully saturated rings. The molecule has 0 atom stereocenters. The van der Waals surface area contributed by atoms with Crippen LogP contribution in [-0.4, -0.2) is 38.2 Å². The highest BCUT2D eigenvalue weighted by Crippen LogP contribution is 2.46. The molecule has 0 radical (unpaired) electrons. The summed E-state index contributed by atoms with van der Waals surface area (Å²) in [5.41, 5.74) is 5.83. The van der Waals surface area contributed by atoms with E-state index in [4.69, 9.17) is 24.7 Å². The van der Waals surface area contributed by atoms with E-state index < -0.39 is 11.2 Å². The molecule has 1 aliphatic heterocycles. The Morgan fingerprint density at radius 1 is 1.15 bits per heavy atom. The summed E-state index contributed by atoms with van der Waals surface area (Å²) in [5, 5.41) is 3.12. The van der Waals surface area contributed by atoms with Crippen molar-refractivity contribution in [3.8, 4) is 0 Å². The fourth-order valence-electron chi connectivity index (χ4n) is 3.59. The molecule has 27 heavy (non-hydrogen) atoms. The van der Waals surface area contributed by atoms with Gasteiger partial charge in [-0.2, -0.15) is 0 Å². The number of ether oxygens (including phenoxy) is 4. The second-order valence-corrected chi connectivity index (χ2v) is 6.92. The van der Waals surface area contributed by atoms with Gasteiger partial charge in [0, 0.05) is 18.5 Å². The van der Waals surface area contributed by atoms with Gasteiger partial charge in [-0.3, -0.25) is 4.79 Å². The minimum absolute atomic E-state index is 0.185. The van der Waals surface area contributed by atoms with Crippen LogP contribution in [0.25, 0.3) is 0 Å². The van der Waals surface area contributed by atoms with Crippen LogP contribution in [0, 0.1) is 5.41 Å². The molecule has 148 valence electrons. The molecule has 3 N–H and O–H groups in total. The topological polar surface area (TPSA) is 92.0 Å². The average molecular weight is 376 g/mol. The Labute approximate surface area is 159 Å². The molecule has 7 heteroatoms. The predicted molar refractivity (Wildman–Crippen MR) is 100 cm³/mol. The van der Waals surface area contributed by atoms with E-state index in [-0.39, 0.29) is 12.6 Å². The number of esters is 1. The van der Waals surface area contributed by atoms with E-state index in [0.29, 0.717) is 51.4 Å². The molecular formula is C20H28N2O5. The minimum atomic E-state index is -0.733. The lowest BCUT2D eigenvalue weighted by Crippen LogP contribution is -2.47. The minimum Gasteiger partial charge on any atom is -0.477 e. The fourth-order valence-corrected chi connectivity index (χ4v) is 3.59. The summed E-state index contributed by atoms with van der Waals surface area (Å²) in [6, 6.07) is 9.58. The number of hydrogen-bond donors (Lipinski definition) is 2. The van der Waals surface area contributed by atoms with Crippen LogP contribution in [0.5, 0.6) is 0 Å². The molecule has 0 bridgehead atoms. The summed E-state index contributed by atoms with van der Waals surface area (Å²) < 4.78 is 22.8. The lowest BCUT2D eigenvalue weighted by molar-refractivity contribution is -0.203. The lowest BCUT2D eigenvalue weighted by atomic mass is 9.72. The molecule has 0 amide bonds. The smallest absolute Gasteiger partial charge is 0.315 e. The molecule has 1 saturated carbocycles. The van der Waals surface area contributed by atoms with Crippen LogP contribution in [0.15, 0.2) is 42.4 Å². The number of para-hydroxylation sites is 1. The van der Waals surface area contributed by atoms with E-state index in [0.717, 1.165) is 5.69 Å². The summed E-state index contributed by atoms with van der Waals surface area (Å²) in [7, 11) is 0. The van der Waals surface area contributed by atoms with E-state index in [2.05, 4.69) is 5.32 Å². The van der Waals surface area contributed by atoms with E-state index in [1.165, 1.54) is 6.20 Å². The van der Waals surface area contributed by atoms with E-state index in [1.807, 2.05) is 37.3 Å². The largest absolute Gasteiger partial charge is 0.477 e. The first kappa shape index (κ1) is 19.5. The number of nitrogens with one attached hydrogen (secondary N) is 1. The number of benzene rings is 1. The highest BCUT2D eigenvalue weighted by molar-refractivity contribution is 5.77. The van der Waals surface area contributed by atoms with Crippen molar-refractivity contribution in [2.24, 2.45) is 11.1 Å². The quantitative estimate of drug-likeness (QED) is 0.558. The number of nitrogens with two attached hydrogens (primary N) is 1. The molecule has 0 aromatic heterocycles. The molecule has 2 aliphatic rings. The van der Waals surface area contributed by atoms with Crippen molar-refractivity contribution in [1.82, 2.24) is 0 Å². The molecule has 0 unspecified atom stereocenters. The van der Waals surface area contributed by atoms with Crippen molar-refractivity contribution in [2.75, 3.05) is 31.7 Å². The van der Waals surface area contributed by atoms with Crippen molar-refractivity contribution in [2.45, 2.75) is 38.4 Å². The standard InChI is InChI=1S/C20H28N2O5/c1-2-24-18(23)19(8-10-20(11-9-19)26-12-13-27-20)15-25-17(14-21)22-16-6-4-3-5-7-16/h3-7,14,22H,2,8-13,15,21H2,1H3/b17-14+. The van der Waals surface area contributed by atoms with Gasteiger partial charge < -0.3 is 30.0 Å². The monoisotopic (exact) mass is 376 g/mol. The maximum Gasteiger partial charge on any atom is 0.315 e. The first-order valence-corrected chi connectivity index (χ1v) is 9.43. The third kappa shape index (κ3) is 4.54. The second-order valence-electron chi connectivity index (χ2n) is 6.92. The van der Waals surface area contributed by atoms with E-state index in [9.17, 15) is 4.79 Å². The normalized spacial score (nSPS) is 21.0. The Balaban J connectivity index is 1.66. The summed E-state index contributed by atoms with van der Waals surface area (Å²) in [4.78, 5) is 12.7. The highest BCUT2D eigenvalue weighted by Gasteiger charge is 2.51. The molecule has 7 nitrogen and oxygen atoms in total. The summed E-state index contributed by atoms with van der Waals surface area (Å²) >= 11 is 0. The van der Waals surface area contributed by atoms with Crippen LogP contribution >= 0.6 is 0 Å². The number of hydrogen-bond acceptors (Lipinski definition) is 7. The Hall–Kier alpha value is -2.25. The van der Waals surface area contributed by atoms with Gasteiger partial charge in [-0.1, -0.05) is 18.2 Å². The number of anilines is 1. The first-order chi connectivity index (χ1) is 13.1. The summed E-state index contributed by atoms with van der Waals surface area (Å²) in [5.74, 6) is -0.391. The van der Waals surface area contributed by atoms with Gasteiger partial charge in [0.05, 0.1) is 26.0 Å². The molecule has 1 spiro atoms. The molecule has 1 aliphatic carbocycles. The third-order valence-corrected chi connectivity index (χ3v) is 5.19. The third-order valence-electron chi connectivity index (χ3n) is 5.19. The van der Waals surface area contributed by atoms with Gasteiger partial charge in [-0.15, -0.1) is 0 Å². The summed E-state index contributed by atoms with van der Waals surface area (Å²) in [6.07, 6.45) is 3.80. The Kier molecular flexibility index (Phi) is 6.23. The van der Waals surface area contributed by atoms with Gasteiger partial charge >= 0.3 is 5.97 Å². The fraction of sp³-hybridized carbons (Fsp3) is 0.550. The van der Waals surface area contributed by atoms with Crippen LogP contribution in [0.1, 0.15) is 32.6 Å². The van der Waals surface area contributed by atoms with Gasteiger partial charge in [-0.25, -0.2) is 0 Å². The zero-order valence-electron chi connectivity index (χ0n) is 15.7. The van der Waals surface area contributed by atoms with Crippen LogP contribution in [0.2, 0.25) is 0 Å². The van der Waals surface area contributed by atoms with Crippen LogP contribution in [-0.2, 0) is 23.7 Å². The Morgan fingerprint density at radius 2 is 1.81 bits per heavy atom. The average Bonchev–Trinajstić information content (AvgIpc) is 3.16. The van der Waals surface area contributed by atoms with Gasteiger partial charge in [-0.05, 0) is 31.9 Å². The maximum atomic E-state index is 12.7. The van der Waals surface area contributed by atoms with Crippen molar-refractivity contribution >= 4 is 11.7 Å². The molecule has 1 heterocycles. The zero-order valence-corrected chi connectivity index (χ0v) is 15.7. The van der Waals surface area contributed by atoms with E-state index in [1.54, 1.807) is 0 Å². The lowest BCUT2D eigenvalue weighted by Gasteiger charge is -2.41. The SMILES string of the molecule is CCOC(=O)C1(CO/C(=C/N)Nc2ccccc2)CCC2(CC1)OCCO2. The van der Waals surface area contributed by atoms with Gasteiger partial charge in [0.25, 0.3) is 0 Å². The Bertz CT molecular complexity index is 646. The maximum absolute atomic E-state index is 12.7. The van der Waals surface area contributed by atoms with Crippen molar-refractivity contribution < 1.29 is 23.7 Å². The molecule has 1 aromatic rings. The zero-order chi connectivity index (χ0) is 19.2. The molecule has 3 rings (SSSR count). The number of carbonyl (C=O) groups is 1. The van der Waals surface area contributed by atoms with Crippen molar-refractivity contribution in [1.29, 1.82) is 0 Å².